The summed E-state index contributed by atoms with van der Waals surface area (Å²) in [7, 11) is -4.19. The van der Waals surface area contributed by atoms with Gasteiger partial charge in [-0.15, -0.1) is 0 Å². The third-order valence-electron chi connectivity index (χ3n) is 6.99. The van der Waals surface area contributed by atoms with Crippen LogP contribution in [0.2, 0.25) is 0 Å². The minimum atomic E-state index is -4.49. The average Bonchev–Trinajstić information content (AvgIpc) is 3.52. The van der Waals surface area contributed by atoms with Crippen LogP contribution >= 0.6 is 0 Å². The lowest BCUT2D eigenvalue weighted by Crippen LogP contribution is -2.50. The van der Waals surface area contributed by atoms with Crippen molar-refractivity contribution in [3.8, 4) is 11.3 Å². The van der Waals surface area contributed by atoms with Gasteiger partial charge >= 0.3 is 6.18 Å². The Morgan fingerprint density at radius 3 is 2.62 bits per heavy atom. The molecule has 3 aromatic heterocycles. The smallest absolute Gasteiger partial charge is 0.417 e. The van der Waals surface area contributed by atoms with E-state index in [-0.39, 0.29) is 35.8 Å². The molecule has 204 valence electrons. The van der Waals surface area contributed by atoms with Crippen molar-refractivity contribution in [1.29, 1.82) is 0 Å². The van der Waals surface area contributed by atoms with Gasteiger partial charge in [0.1, 0.15) is 11.4 Å². The first-order valence-corrected chi connectivity index (χ1v) is 13.6. The van der Waals surface area contributed by atoms with Gasteiger partial charge in [-0.05, 0) is 68.7 Å². The molecule has 4 heterocycles. The van der Waals surface area contributed by atoms with E-state index in [2.05, 4.69) is 9.97 Å². The Labute approximate surface area is 221 Å². The van der Waals surface area contributed by atoms with Crippen LogP contribution in [0.1, 0.15) is 37.4 Å². The van der Waals surface area contributed by atoms with Gasteiger partial charge < -0.3 is 4.42 Å². The number of ketones is 1. The Hall–Kier alpha value is -3.64. The Morgan fingerprint density at radius 2 is 1.90 bits per heavy atom. The highest BCUT2D eigenvalue weighted by atomic mass is 32.2. The van der Waals surface area contributed by atoms with Gasteiger partial charge in [0.2, 0.25) is 5.09 Å². The molecule has 0 aliphatic carbocycles. The summed E-state index contributed by atoms with van der Waals surface area (Å²) >= 11 is 0. The van der Waals surface area contributed by atoms with Crippen LogP contribution in [0.3, 0.4) is 0 Å². The molecule has 39 heavy (non-hydrogen) atoms. The minimum absolute atomic E-state index is 0.00917. The lowest BCUT2D eigenvalue weighted by atomic mass is 9.91. The number of furan rings is 1. The number of carbonyl (C=O) groups excluding carboxylic acids is 1. The van der Waals surface area contributed by atoms with E-state index in [9.17, 15) is 30.8 Å². The number of benzene rings is 1. The van der Waals surface area contributed by atoms with Gasteiger partial charge in [0, 0.05) is 48.1 Å². The highest BCUT2D eigenvalue weighted by molar-refractivity contribution is 7.89. The highest BCUT2D eigenvalue weighted by Crippen LogP contribution is 2.38. The lowest BCUT2D eigenvalue weighted by Gasteiger charge is -2.32. The zero-order valence-corrected chi connectivity index (χ0v) is 21.5. The topological polar surface area (TPSA) is 93.4 Å². The van der Waals surface area contributed by atoms with Crippen LogP contribution < -0.4 is 0 Å². The molecule has 0 unspecified atom stereocenters. The van der Waals surface area contributed by atoms with Gasteiger partial charge in [-0.1, -0.05) is 0 Å². The van der Waals surface area contributed by atoms with Crippen LogP contribution in [-0.4, -0.2) is 40.6 Å². The maximum Gasteiger partial charge on any atom is 0.417 e. The SMILES string of the molecule is C[C@@]1(C(=O)CCc2cc(-c3ccc(C(F)(F)F)cn3)ccn2)CCCN1S(=O)(=O)c1cc2cc(F)ccc2o1. The summed E-state index contributed by atoms with van der Waals surface area (Å²) in [6, 6.07) is 10.4. The van der Waals surface area contributed by atoms with Crippen molar-refractivity contribution < 1.29 is 35.2 Å². The number of rotatable bonds is 7. The van der Waals surface area contributed by atoms with E-state index in [4.69, 9.17) is 4.42 Å². The number of aromatic nitrogens is 2. The van der Waals surface area contributed by atoms with Crippen molar-refractivity contribution in [3.05, 3.63) is 78.0 Å². The van der Waals surface area contributed by atoms with Gasteiger partial charge in [0.05, 0.1) is 16.8 Å². The number of pyridine rings is 2. The van der Waals surface area contributed by atoms with E-state index in [1.165, 1.54) is 36.5 Å². The predicted molar refractivity (Wildman–Crippen MR) is 134 cm³/mol. The molecule has 0 amide bonds. The summed E-state index contributed by atoms with van der Waals surface area (Å²) in [5.74, 6) is -0.828. The monoisotopic (exact) mass is 561 g/mol. The Balaban J connectivity index is 1.32. The van der Waals surface area contributed by atoms with Crippen molar-refractivity contribution in [2.24, 2.45) is 0 Å². The average molecular weight is 562 g/mol. The fraction of sp³-hybridized carbons (Fsp3) is 0.296. The van der Waals surface area contributed by atoms with Crippen molar-refractivity contribution >= 4 is 26.8 Å². The zero-order chi connectivity index (χ0) is 28.0. The van der Waals surface area contributed by atoms with E-state index in [0.29, 0.717) is 35.2 Å². The number of hydrogen-bond donors (Lipinski definition) is 0. The third-order valence-corrected chi connectivity index (χ3v) is 8.86. The maximum absolute atomic E-state index is 13.6. The lowest BCUT2D eigenvalue weighted by molar-refractivity contribution is -0.137. The number of fused-ring (bicyclic) bond motifs is 1. The second-order valence-corrected chi connectivity index (χ2v) is 11.4. The number of sulfonamides is 1. The Kier molecular flexibility index (Phi) is 6.79. The van der Waals surface area contributed by atoms with Crippen LogP contribution in [0.25, 0.3) is 22.2 Å². The fourth-order valence-electron chi connectivity index (χ4n) is 4.85. The van der Waals surface area contributed by atoms with E-state index in [1.54, 1.807) is 19.1 Å². The van der Waals surface area contributed by atoms with Gasteiger partial charge in [-0.25, -0.2) is 12.8 Å². The Morgan fingerprint density at radius 1 is 1.10 bits per heavy atom. The number of nitrogens with zero attached hydrogens (tertiary/aromatic N) is 3. The second-order valence-electron chi connectivity index (χ2n) is 9.59. The number of carbonyl (C=O) groups is 1. The minimum Gasteiger partial charge on any atom is -0.443 e. The first-order valence-electron chi connectivity index (χ1n) is 12.1. The van der Waals surface area contributed by atoms with Gasteiger partial charge in [-0.3, -0.25) is 14.8 Å². The molecule has 1 atom stereocenters. The summed E-state index contributed by atoms with van der Waals surface area (Å²) in [6.45, 7) is 1.71. The summed E-state index contributed by atoms with van der Waals surface area (Å²) in [5, 5.41) is -0.0586. The number of aryl methyl sites for hydroxylation is 1. The summed E-state index contributed by atoms with van der Waals surface area (Å²) < 4.78 is 85.7. The molecule has 7 nitrogen and oxygen atoms in total. The molecule has 0 N–H and O–H groups in total. The van der Waals surface area contributed by atoms with Crippen molar-refractivity contribution in [2.45, 2.75) is 49.4 Å². The molecular formula is C27H23F4N3O4S. The van der Waals surface area contributed by atoms with Crippen molar-refractivity contribution in [2.75, 3.05) is 6.54 Å². The van der Waals surface area contributed by atoms with E-state index >= 15 is 0 Å². The number of Topliss-reactive ketones (excluding diaryl/α,β-unsaturated/α-hetero) is 1. The van der Waals surface area contributed by atoms with Gasteiger partial charge in [-0.2, -0.15) is 17.5 Å². The maximum atomic E-state index is 13.6. The highest BCUT2D eigenvalue weighted by Gasteiger charge is 2.49. The predicted octanol–water partition coefficient (Wildman–Crippen LogP) is 5.79. The van der Waals surface area contributed by atoms with Crippen LogP contribution in [0, 0.1) is 5.82 Å². The summed E-state index contributed by atoms with van der Waals surface area (Å²) in [4.78, 5) is 21.5. The number of alkyl halides is 3. The zero-order valence-electron chi connectivity index (χ0n) is 20.7. The van der Waals surface area contributed by atoms with Crippen LogP contribution in [-0.2, 0) is 27.4 Å². The second kappa shape index (κ2) is 9.83. The molecule has 5 rings (SSSR count). The Bertz CT molecular complexity index is 1650. The summed E-state index contributed by atoms with van der Waals surface area (Å²) in [6.07, 6.45) is -1.27. The molecule has 0 spiro atoms. The quantitative estimate of drug-likeness (QED) is 0.265. The van der Waals surface area contributed by atoms with Crippen LogP contribution in [0.5, 0.6) is 0 Å². The standard InChI is InChI=1S/C27H23F4N3O4S/c1-26(10-2-12-34(26)39(36,37)25-15-18-13-20(28)4-7-23(18)38-25)24(35)8-5-21-14-17(9-11-32-21)22-6-3-19(16-33-22)27(29,30)31/h3-4,6-7,9,11,13-16H,2,5,8,10,12H2,1H3/t26-/m0/s1. The van der Waals surface area contributed by atoms with Crippen LogP contribution in [0.15, 0.2) is 70.4 Å². The molecule has 0 radical (unpaired) electrons. The first kappa shape index (κ1) is 26.9. The van der Waals surface area contributed by atoms with Crippen LogP contribution in [0.4, 0.5) is 17.6 Å². The molecule has 1 fully saturated rings. The number of hydrogen-bond acceptors (Lipinski definition) is 6. The molecule has 4 aromatic rings. The normalized spacial score (nSPS) is 18.6. The molecule has 12 heteroatoms. The summed E-state index contributed by atoms with van der Waals surface area (Å²) in [5.41, 5.74) is -0.573. The molecule has 1 saturated heterocycles. The van der Waals surface area contributed by atoms with Gasteiger partial charge in [0.15, 0.2) is 5.78 Å². The molecule has 1 aromatic carbocycles. The molecule has 0 saturated carbocycles. The van der Waals surface area contributed by atoms with E-state index < -0.39 is 33.1 Å². The number of halogens is 4. The van der Waals surface area contributed by atoms with E-state index in [0.717, 1.165) is 16.6 Å². The fourth-order valence-corrected chi connectivity index (χ4v) is 6.63. The van der Waals surface area contributed by atoms with Crippen molar-refractivity contribution in [3.63, 3.8) is 0 Å². The molecule has 1 aliphatic rings. The van der Waals surface area contributed by atoms with E-state index in [1.807, 2.05) is 0 Å². The third kappa shape index (κ3) is 5.18. The molecule has 0 bridgehead atoms. The largest absolute Gasteiger partial charge is 0.443 e. The van der Waals surface area contributed by atoms with Crippen molar-refractivity contribution in [1.82, 2.24) is 14.3 Å². The molecular weight excluding hydrogens is 538 g/mol. The molecule has 1 aliphatic heterocycles. The van der Waals surface area contributed by atoms with Gasteiger partial charge in [0.25, 0.3) is 10.0 Å². The first-order chi connectivity index (χ1) is 18.4.